The first-order valence-electron chi connectivity index (χ1n) is 8.86. The summed E-state index contributed by atoms with van der Waals surface area (Å²) in [4.78, 5) is 24.6. The van der Waals surface area contributed by atoms with E-state index in [9.17, 15) is 9.59 Å². The number of amides is 1. The van der Waals surface area contributed by atoms with Crippen molar-refractivity contribution in [3.8, 4) is 11.3 Å². The van der Waals surface area contributed by atoms with Crippen molar-refractivity contribution in [2.45, 2.75) is 46.2 Å². The van der Waals surface area contributed by atoms with Gasteiger partial charge in [-0.2, -0.15) is 10.2 Å². The first-order chi connectivity index (χ1) is 12.5. The molecule has 1 amide bonds. The van der Waals surface area contributed by atoms with Crippen LogP contribution in [0, 0.1) is 0 Å². The third kappa shape index (κ3) is 3.66. The largest absolute Gasteiger partial charge is 0.352 e. The zero-order valence-corrected chi connectivity index (χ0v) is 15.3. The molecule has 0 spiro atoms. The van der Waals surface area contributed by atoms with Gasteiger partial charge >= 0.3 is 0 Å². The smallest absolute Gasteiger partial charge is 0.293 e. The first-order valence-corrected chi connectivity index (χ1v) is 8.86. The molecule has 0 unspecified atom stereocenters. The Balaban J connectivity index is 1.89. The molecular weight excluding hydrogens is 330 g/mol. The summed E-state index contributed by atoms with van der Waals surface area (Å²) in [5.74, 6) is -0.229. The predicted octanol–water partition coefficient (Wildman–Crippen LogP) is 2.04. The highest BCUT2D eigenvalue weighted by molar-refractivity contribution is 5.76. The quantitative estimate of drug-likeness (QED) is 0.735. The van der Waals surface area contributed by atoms with Crippen molar-refractivity contribution in [3.63, 3.8) is 0 Å². The zero-order chi connectivity index (χ0) is 18.7. The summed E-state index contributed by atoms with van der Waals surface area (Å²) < 4.78 is 2.62. The minimum Gasteiger partial charge on any atom is -0.352 e. The lowest BCUT2D eigenvalue weighted by molar-refractivity contribution is -0.122. The van der Waals surface area contributed by atoms with E-state index in [0.717, 1.165) is 18.4 Å². The summed E-state index contributed by atoms with van der Waals surface area (Å²) in [6.45, 7) is 5.91. The maximum atomic E-state index is 12.6. The number of aromatic nitrogens is 4. The average Bonchev–Trinajstić information content (AvgIpc) is 3.09. The third-order valence-electron chi connectivity index (χ3n) is 4.46. The highest BCUT2D eigenvalue weighted by Crippen LogP contribution is 2.19. The van der Waals surface area contributed by atoms with Gasteiger partial charge in [-0.1, -0.05) is 38.1 Å². The van der Waals surface area contributed by atoms with Crippen molar-refractivity contribution < 1.29 is 4.79 Å². The molecule has 1 N–H and O–H groups in total. The van der Waals surface area contributed by atoms with Crippen LogP contribution < -0.4 is 10.9 Å². The number of aryl methyl sites for hydroxylation is 1. The lowest BCUT2D eigenvalue weighted by Gasteiger charge is -2.11. The molecule has 3 aromatic rings. The van der Waals surface area contributed by atoms with Crippen LogP contribution in [-0.4, -0.2) is 31.3 Å². The van der Waals surface area contributed by atoms with Gasteiger partial charge in [0.05, 0.1) is 5.69 Å². The van der Waals surface area contributed by atoms with Gasteiger partial charge in [-0.3, -0.25) is 9.59 Å². The molecule has 0 aliphatic heterocycles. The second kappa shape index (κ2) is 7.51. The minimum absolute atomic E-state index is 0.0644. The Morgan fingerprint density at radius 2 is 1.96 bits per heavy atom. The number of rotatable bonds is 6. The van der Waals surface area contributed by atoms with Gasteiger partial charge < -0.3 is 5.32 Å². The molecule has 136 valence electrons. The number of benzene rings is 1. The Hall–Kier alpha value is -2.96. The van der Waals surface area contributed by atoms with E-state index in [0.29, 0.717) is 11.2 Å². The highest BCUT2D eigenvalue weighted by atomic mass is 16.2. The van der Waals surface area contributed by atoms with Gasteiger partial charge in [0.1, 0.15) is 18.4 Å². The molecule has 0 bridgehead atoms. The fourth-order valence-corrected chi connectivity index (χ4v) is 2.66. The van der Waals surface area contributed by atoms with Gasteiger partial charge in [0.15, 0.2) is 0 Å². The molecule has 0 fully saturated rings. The predicted molar refractivity (Wildman–Crippen MR) is 100.0 cm³/mol. The summed E-state index contributed by atoms with van der Waals surface area (Å²) in [5, 5.41) is 11.3. The monoisotopic (exact) mass is 353 g/mol. The van der Waals surface area contributed by atoms with Gasteiger partial charge in [-0.15, -0.1) is 0 Å². The van der Waals surface area contributed by atoms with E-state index >= 15 is 0 Å². The van der Waals surface area contributed by atoms with Crippen LogP contribution in [0.2, 0.25) is 0 Å². The number of hydrogen-bond acceptors (Lipinski definition) is 4. The van der Waals surface area contributed by atoms with Gasteiger partial charge in [-0.25, -0.2) is 9.20 Å². The van der Waals surface area contributed by atoms with Gasteiger partial charge in [-0.05, 0) is 31.4 Å². The minimum atomic E-state index is -0.337. The van der Waals surface area contributed by atoms with E-state index in [1.807, 2.05) is 26.0 Å². The number of nitrogens with zero attached hydrogens (tertiary/aromatic N) is 4. The average molecular weight is 353 g/mol. The second-order valence-corrected chi connectivity index (χ2v) is 6.38. The van der Waals surface area contributed by atoms with E-state index in [4.69, 9.17) is 0 Å². The van der Waals surface area contributed by atoms with Crippen LogP contribution >= 0.6 is 0 Å². The normalized spacial score (nSPS) is 12.3. The standard InChI is InChI=1S/C19H23N5O2/c1-4-13(3)21-18(25)11-23-19(26)17-10-16(22-24(17)12-20-23)15-8-6-14(5-2)7-9-15/h6-10,12-13H,4-5,11H2,1-3H3,(H,21,25)/t13-/m0/s1. The van der Waals surface area contributed by atoms with Crippen LogP contribution in [0.5, 0.6) is 0 Å². The van der Waals surface area contributed by atoms with Crippen LogP contribution in [-0.2, 0) is 17.8 Å². The van der Waals surface area contributed by atoms with Gasteiger partial charge in [0, 0.05) is 11.6 Å². The SMILES string of the molecule is CCc1ccc(-c2cc3c(=O)n(CC(=O)N[C@@H](C)CC)ncn3n2)cc1. The van der Waals surface area contributed by atoms with E-state index < -0.39 is 0 Å². The molecule has 2 aromatic heterocycles. The van der Waals surface area contributed by atoms with E-state index in [1.54, 1.807) is 6.07 Å². The van der Waals surface area contributed by atoms with E-state index in [-0.39, 0.29) is 24.1 Å². The van der Waals surface area contributed by atoms with Crippen molar-refractivity contribution in [2.24, 2.45) is 0 Å². The molecule has 1 aromatic carbocycles. The molecule has 0 radical (unpaired) electrons. The summed E-state index contributed by atoms with van der Waals surface area (Å²) in [7, 11) is 0. The Morgan fingerprint density at radius 1 is 1.23 bits per heavy atom. The molecule has 0 saturated carbocycles. The Bertz CT molecular complexity index is 972. The van der Waals surface area contributed by atoms with Crippen LogP contribution in [0.25, 0.3) is 16.8 Å². The molecule has 0 aliphatic carbocycles. The molecule has 26 heavy (non-hydrogen) atoms. The zero-order valence-electron chi connectivity index (χ0n) is 15.3. The van der Waals surface area contributed by atoms with Crippen molar-refractivity contribution in [3.05, 3.63) is 52.6 Å². The summed E-state index contributed by atoms with van der Waals surface area (Å²) >= 11 is 0. The Kier molecular flexibility index (Phi) is 5.16. The van der Waals surface area contributed by atoms with Gasteiger partial charge in [0.2, 0.25) is 5.91 Å². The maximum absolute atomic E-state index is 12.6. The number of nitrogens with one attached hydrogen (secondary N) is 1. The number of carbonyl (C=O) groups is 1. The summed E-state index contributed by atoms with van der Waals surface area (Å²) in [6.07, 6.45) is 3.26. The molecule has 0 aliphatic rings. The lowest BCUT2D eigenvalue weighted by Crippen LogP contribution is -2.38. The lowest BCUT2D eigenvalue weighted by atomic mass is 10.1. The molecular formula is C19H23N5O2. The van der Waals surface area contributed by atoms with Crippen LogP contribution in [0.3, 0.4) is 0 Å². The molecule has 1 atom stereocenters. The maximum Gasteiger partial charge on any atom is 0.293 e. The number of fused-ring (bicyclic) bond motifs is 1. The first kappa shape index (κ1) is 17.8. The number of hydrogen-bond donors (Lipinski definition) is 1. The van der Waals surface area contributed by atoms with Crippen molar-refractivity contribution >= 4 is 11.4 Å². The topological polar surface area (TPSA) is 81.3 Å². The Morgan fingerprint density at radius 3 is 2.62 bits per heavy atom. The van der Waals surface area contributed by atoms with Gasteiger partial charge in [0.25, 0.3) is 5.56 Å². The van der Waals surface area contributed by atoms with Crippen LogP contribution in [0.4, 0.5) is 0 Å². The van der Waals surface area contributed by atoms with Crippen LogP contribution in [0.15, 0.2) is 41.5 Å². The van der Waals surface area contributed by atoms with E-state index in [1.165, 1.54) is 21.1 Å². The van der Waals surface area contributed by atoms with Crippen molar-refractivity contribution in [1.29, 1.82) is 0 Å². The Labute approximate surface area is 151 Å². The molecule has 2 heterocycles. The molecule has 0 saturated heterocycles. The summed E-state index contributed by atoms with van der Waals surface area (Å²) in [6, 6.07) is 9.88. The highest BCUT2D eigenvalue weighted by Gasteiger charge is 2.13. The fourth-order valence-electron chi connectivity index (χ4n) is 2.66. The number of carbonyl (C=O) groups excluding carboxylic acids is 1. The third-order valence-corrected chi connectivity index (χ3v) is 4.46. The summed E-state index contributed by atoms with van der Waals surface area (Å²) in [5.41, 5.74) is 2.94. The fraction of sp³-hybridized carbons (Fsp3) is 0.368. The van der Waals surface area contributed by atoms with Crippen molar-refractivity contribution in [1.82, 2.24) is 24.7 Å². The second-order valence-electron chi connectivity index (χ2n) is 6.38. The molecule has 3 rings (SSSR count). The van der Waals surface area contributed by atoms with Crippen LogP contribution in [0.1, 0.15) is 32.8 Å². The van der Waals surface area contributed by atoms with E-state index in [2.05, 4.69) is 34.6 Å². The van der Waals surface area contributed by atoms with Crippen molar-refractivity contribution in [2.75, 3.05) is 0 Å². The molecule has 7 heteroatoms. The molecule has 7 nitrogen and oxygen atoms in total.